The van der Waals surface area contributed by atoms with Crippen molar-refractivity contribution in [2.24, 2.45) is 0 Å². The van der Waals surface area contributed by atoms with Crippen LogP contribution in [0.25, 0.3) is 10.3 Å². The van der Waals surface area contributed by atoms with Crippen molar-refractivity contribution >= 4 is 21.7 Å². The molecule has 74 valence electrons. The second-order valence-corrected chi connectivity index (χ2v) is 4.26. The van der Waals surface area contributed by atoms with Gasteiger partial charge in [0.15, 0.2) is 4.83 Å². The van der Waals surface area contributed by atoms with Gasteiger partial charge < -0.3 is 4.74 Å². The molecule has 2 heterocycles. The van der Waals surface area contributed by atoms with Gasteiger partial charge in [-0.25, -0.2) is 9.97 Å². The van der Waals surface area contributed by atoms with Crippen LogP contribution in [0.15, 0.2) is 6.20 Å². The van der Waals surface area contributed by atoms with Gasteiger partial charge in [-0.15, -0.1) is 0 Å². The van der Waals surface area contributed by atoms with Crippen LogP contribution in [-0.4, -0.2) is 22.1 Å². The van der Waals surface area contributed by atoms with E-state index in [4.69, 9.17) is 4.74 Å². The zero-order valence-corrected chi connectivity index (χ0v) is 9.13. The molecule has 4 nitrogen and oxygen atoms in total. The van der Waals surface area contributed by atoms with Crippen LogP contribution in [0.5, 0.6) is 6.01 Å². The Morgan fingerprint density at radius 1 is 1.36 bits per heavy atom. The highest BCUT2D eigenvalue weighted by Gasteiger charge is 2.09. The average molecular weight is 209 g/mol. The third-order valence-electron chi connectivity index (χ3n) is 1.82. The van der Waals surface area contributed by atoms with E-state index in [1.807, 2.05) is 0 Å². The first-order chi connectivity index (χ1) is 6.70. The van der Waals surface area contributed by atoms with Gasteiger partial charge >= 0.3 is 6.01 Å². The monoisotopic (exact) mass is 209 g/mol. The van der Waals surface area contributed by atoms with E-state index in [0.29, 0.717) is 11.9 Å². The van der Waals surface area contributed by atoms with E-state index in [1.165, 1.54) is 0 Å². The van der Waals surface area contributed by atoms with E-state index in [1.54, 1.807) is 24.6 Å². The van der Waals surface area contributed by atoms with Gasteiger partial charge in [-0.05, 0) is 0 Å². The number of thiazole rings is 1. The minimum atomic E-state index is 0.399. The first kappa shape index (κ1) is 9.33. The van der Waals surface area contributed by atoms with Crippen LogP contribution >= 0.6 is 11.3 Å². The molecule has 14 heavy (non-hydrogen) atoms. The molecular weight excluding hydrogens is 198 g/mol. The standard InChI is InChI=1S/C9H11N3OS/c1-5(2)7-11-6-4-10-9(13-3)12-8(6)14-7/h4-5H,1-3H3. The van der Waals surface area contributed by atoms with Crippen molar-refractivity contribution < 1.29 is 4.74 Å². The summed E-state index contributed by atoms with van der Waals surface area (Å²) in [5.41, 5.74) is 0.847. The largest absolute Gasteiger partial charge is 0.467 e. The highest BCUT2D eigenvalue weighted by atomic mass is 32.1. The van der Waals surface area contributed by atoms with E-state index in [9.17, 15) is 0 Å². The molecular formula is C9H11N3OS. The van der Waals surface area contributed by atoms with E-state index in [-0.39, 0.29) is 0 Å². The number of ether oxygens (including phenoxy) is 1. The Morgan fingerprint density at radius 3 is 2.79 bits per heavy atom. The number of rotatable bonds is 2. The van der Waals surface area contributed by atoms with Gasteiger partial charge in [-0.2, -0.15) is 4.98 Å². The fraction of sp³-hybridized carbons (Fsp3) is 0.444. The van der Waals surface area contributed by atoms with Crippen molar-refractivity contribution in [1.29, 1.82) is 0 Å². The number of nitrogens with zero attached hydrogens (tertiary/aromatic N) is 3. The summed E-state index contributed by atoms with van der Waals surface area (Å²) in [6.45, 7) is 4.23. The van der Waals surface area contributed by atoms with Gasteiger partial charge in [0.25, 0.3) is 0 Å². The first-order valence-corrected chi connectivity index (χ1v) is 5.20. The lowest BCUT2D eigenvalue weighted by Gasteiger charge is -1.93. The third-order valence-corrected chi connectivity index (χ3v) is 3.09. The molecule has 0 aliphatic rings. The minimum absolute atomic E-state index is 0.399. The summed E-state index contributed by atoms with van der Waals surface area (Å²) < 4.78 is 4.95. The fourth-order valence-electron chi connectivity index (χ4n) is 1.08. The predicted octanol–water partition coefficient (Wildman–Crippen LogP) is 2.22. The highest BCUT2D eigenvalue weighted by Crippen LogP contribution is 2.26. The number of aromatic nitrogens is 3. The minimum Gasteiger partial charge on any atom is -0.467 e. The molecule has 0 N–H and O–H groups in total. The molecule has 2 aromatic heterocycles. The fourth-order valence-corrected chi connectivity index (χ4v) is 1.99. The van der Waals surface area contributed by atoms with E-state index in [2.05, 4.69) is 28.8 Å². The molecule has 0 saturated carbocycles. The molecule has 2 aromatic rings. The summed E-state index contributed by atoms with van der Waals surface area (Å²) in [6.07, 6.45) is 1.70. The summed E-state index contributed by atoms with van der Waals surface area (Å²) in [5.74, 6) is 0.431. The van der Waals surface area contributed by atoms with Crippen LogP contribution in [0.3, 0.4) is 0 Å². The summed E-state index contributed by atoms with van der Waals surface area (Å²) in [6, 6.07) is 0.399. The molecule has 0 fully saturated rings. The van der Waals surface area contributed by atoms with Crippen molar-refractivity contribution in [3.63, 3.8) is 0 Å². The van der Waals surface area contributed by atoms with Crippen molar-refractivity contribution in [2.45, 2.75) is 19.8 Å². The summed E-state index contributed by atoms with van der Waals surface area (Å²) >= 11 is 1.59. The maximum Gasteiger partial charge on any atom is 0.317 e. The predicted molar refractivity (Wildman–Crippen MR) is 55.9 cm³/mol. The van der Waals surface area contributed by atoms with Crippen molar-refractivity contribution in [3.05, 3.63) is 11.2 Å². The Bertz CT molecular complexity index is 452. The molecule has 0 aliphatic carbocycles. The summed E-state index contributed by atoms with van der Waals surface area (Å²) in [7, 11) is 1.56. The topological polar surface area (TPSA) is 47.9 Å². The molecule has 0 aromatic carbocycles. The van der Waals surface area contributed by atoms with Crippen LogP contribution in [0.2, 0.25) is 0 Å². The highest BCUT2D eigenvalue weighted by molar-refractivity contribution is 7.18. The lowest BCUT2D eigenvalue weighted by atomic mass is 10.2. The average Bonchev–Trinajstić information content (AvgIpc) is 2.59. The Labute approximate surface area is 86.0 Å². The van der Waals surface area contributed by atoms with Crippen LogP contribution in [0.4, 0.5) is 0 Å². The van der Waals surface area contributed by atoms with E-state index >= 15 is 0 Å². The number of methoxy groups -OCH3 is 1. The van der Waals surface area contributed by atoms with Gasteiger partial charge in [0.05, 0.1) is 18.3 Å². The van der Waals surface area contributed by atoms with Crippen LogP contribution in [-0.2, 0) is 0 Å². The molecule has 0 spiro atoms. The smallest absolute Gasteiger partial charge is 0.317 e. The molecule has 0 amide bonds. The molecule has 0 bridgehead atoms. The molecule has 0 radical (unpaired) electrons. The SMILES string of the molecule is COc1ncc2nc(C(C)C)sc2n1. The first-order valence-electron chi connectivity index (χ1n) is 4.38. The quantitative estimate of drug-likeness (QED) is 0.761. The van der Waals surface area contributed by atoms with Gasteiger partial charge in [0.1, 0.15) is 5.52 Å². The van der Waals surface area contributed by atoms with Gasteiger partial charge in [0.2, 0.25) is 0 Å². The van der Waals surface area contributed by atoms with E-state index in [0.717, 1.165) is 15.4 Å². The van der Waals surface area contributed by atoms with Crippen molar-refractivity contribution in [1.82, 2.24) is 15.0 Å². The maximum absolute atomic E-state index is 4.95. The lowest BCUT2D eigenvalue weighted by molar-refractivity contribution is 0.382. The zero-order valence-electron chi connectivity index (χ0n) is 8.31. The van der Waals surface area contributed by atoms with Crippen LogP contribution in [0.1, 0.15) is 24.8 Å². The third kappa shape index (κ3) is 1.55. The Balaban J connectivity index is 2.54. The van der Waals surface area contributed by atoms with Crippen molar-refractivity contribution in [2.75, 3.05) is 7.11 Å². The normalized spacial score (nSPS) is 11.1. The van der Waals surface area contributed by atoms with Crippen molar-refractivity contribution in [3.8, 4) is 6.01 Å². The number of fused-ring (bicyclic) bond motifs is 1. The Kier molecular flexibility index (Phi) is 2.33. The number of hydrogen-bond acceptors (Lipinski definition) is 5. The molecule has 0 atom stereocenters. The van der Waals surface area contributed by atoms with Gasteiger partial charge in [0, 0.05) is 5.92 Å². The second kappa shape index (κ2) is 3.49. The Hall–Kier alpha value is -1.23. The second-order valence-electron chi connectivity index (χ2n) is 3.25. The molecule has 2 rings (SSSR count). The zero-order chi connectivity index (χ0) is 10.1. The lowest BCUT2D eigenvalue weighted by Crippen LogP contribution is -1.89. The van der Waals surface area contributed by atoms with Crippen LogP contribution < -0.4 is 4.74 Å². The van der Waals surface area contributed by atoms with E-state index < -0.39 is 0 Å². The molecule has 5 heteroatoms. The summed E-state index contributed by atoms with van der Waals surface area (Å²) in [4.78, 5) is 13.5. The van der Waals surface area contributed by atoms with Gasteiger partial charge in [-0.3, -0.25) is 0 Å². The van der Waals surface area contributed by atoms with Crippen LogP contribution in [0, 0.1) is 0 Å². The molecule has 0 unspecified atom stereocenters. The maximum atomic E-state index is 4.95. The van der Waals surface area contributed by atoms with Gasteiger partial charge in [-0.1, -0.05) is 25.2 Å². The molecule has 0 saturated heterocycles. The Morgan fingerprint density at radius 2 is 2.14 bits per heavy atom. The summed E-state index contributed by atoms with van der Waals surface area (Å²) in [5, 5.41) is 1.09. The number of hydrogen-bond donors (Lipinski definition) is 0. The molecule has 0 aliphatic heterocycles.